The molecule has 170 valence electrons. The van der Waals surface area contributed by atoms with E-state index >= 15 is 0 Å². The van der Waals surface area contributed by atoms with Crippen molar-refractivity contribution < 1.29 is 33.7 Å². The lowest BCUT2D eigenvalue weighted by atomic mass is 10.1. The first kappa shape index (κ1) is 23.5. The van der Waals surface area contributed by atoms with Crippen LogP contribution in [0.4, 0.5) is 0 Å². The second kappa shape index (κ2) is 11.4. The smallest absolute Gasteiger partial charge is 0.361 e. The molecule has 0 bridgehead atoms. The zero-order chi connectivity index (χ0) is 23.6. The van der Waals surface area contributed by atoms with E-state index in [-0.39, 0.29) is 24.3 Å². The Morgan fingerprint density at radius 1 is 0.879 bits per heavy atom. The molecule has 0 spiro atoms. The summed E-state index contributed by atoms with van der Waals surface area (Å²) in [7, 11) is 1.56. The largest absolute Gasteiger partial charge is 0.497 e. The van der Waals surface area contributed by atoms with Crippen molar-refractivity contribution in [1.82, 2.24) is 5.32 Å². The Kier molecular flexibility index (Phi) is 8.15. The number of ether oxygens (including phenoxy) is 3. The summed E-state index contributed by atoms with van der Waals surface area (Å²) in [6.07, 6.45) is -1.85. The van der Waals surface area contributed by atoms with E-state index in [1.54, 1.807) is 55.6 Å². The van der Waals surface area contributed by atoms with Gasteiger partial charge in [0.15, 0.2) is 0 Å². The topological polar surface area (TPSA) is 111 Å². The Balaban J connectivity index is 1.51. The number of amides is 1. The standard InChI is InChI=1S/C25H23NO7/c1-31-20-12-10-18(11-13-20)16-32-24(29)19-8-5-9-21(15-19)33-25(30)23(28)26-22(27)14-17-6-3-2-4-7-17/h2-13,15,23,28H,14,16H2,1H3,(H,26,27)/t23-/m0/s1. The molecule has 1 amide bonds. The van der Waals surface area contributed by atoms with Crippen molar-refractivity contribution in [3.63, 3.8) is 0 Å². The molecule has 0 aliphatic heterocycles. The molecule has 0 saturated heterocycles. The number of rotatable bonds is 9. The van der Waals surface area contributed by atoms with Crippen molar-refractivity contribution in [2.75, 3.05) is 7.11 Å². The molecule has 33 heavy (non-hydrogen) atoms. The molecule has 8 heteroatoms. The number of aliphatic hydroxyl groups is 1. The summed E-state index contributed by atoms with van der Waals surface area (Å²) in [4.78, 5) is 36.5. The summed E-state index contributed by atoms with van der Waals surface area (Å²) < 4.78 is 15.4. The van der Waals surface area contributed by atoms with Crippen molar-refractivity contribution in [2.24, 2.45) is 0 Å². The van der Waals surface area contributed by atoms with E-state index in [9.17, 15) is 19.5 Å². The highest BCUT2D eigenvalue weighted by atomic mass is 16.6. The molecular formula is C25H23NO7. The van der Waals surface area contributed by atoms with Gasteiger partial charge in [-0.15, -0.1) is 0 Å². The highest BCUT2D eigenvalue weighted by Gasteiger charge is 2.20. The van der Waals surface area contributed by atoms with Gasteiger partial charge in [-0.3, -0.25) is 4.79 Å². The number of methoxy groups -OCH3 is 1. The molecule has 0 radical (unpaired) electrons. The second-order valence-corrected chi connectivity index (χ2v) is 7.01. The van der Waals surface area contributed by atoms with E-state index in [0.717, 1.165) is 11.1 Å². The predicted molar refractivity (Wildman–Crippen MR) is 118 cm³/mol. The van der Waals surface area contributed by atoms with Gasteiger partial charge in [-0.1, -0.05) is 48.5 Å². The van der Waals surface area contributed by atoms with Crippen LogP contribution in [0.2, 0.25) is 0 Å². The molecule has 1 atom stereocenters. The lowest BCUT2D eigenvalue weighted by Gasteiger charge is -2.13. The van der Waals surface area contributed by atoms with Crippen LogP contribution < -0.4 is 14.8 Å². The highest BCUT2D eigenvalue weighted by molar-refractivity contribution is 5.90. The zero-order valence-corrected chi connectivity index (χ0v) is 17.9. The maximum Gasteiger partial charge on any atom is 0.361 e. The lowest BCUT2D eigenvalue weighted by Crippen LogP contribution is -2.43. The Labute approximate surface area is 190 Å². The van der Waals surface area contributed by atoms with Crippen molar-refractivity contribution in [3.8, 4) is 11.5 Å². The van der Waals surface area contributed by atoms with Crippen LogP contribution in [0, 0.1) is 0 Å². The summed E-state index contributed by atoms with van der Waals surface area (Å²) in [6, 6.07) is 21.7. The van der Waals surface area contributed by atoms with E-state index < -0.39 is 24.1 Å². The average Bonchev–Trinajstić information content (AvgIpc) is 2.83. The first-order valence-electron chi connectivity index (χ1n) is 10.1. The quantitative estimate of drug-likeness (QED) is 0.293. The maximum atomic E-state index is 12.3. The van der Waals surface area contributed by atoms with Crippen molar-refractivity contribution >= 4 is 17.8 Å². The van der Waals surface area contributed by atoms with Gasteiger partial charge in [-0.25, -0.2) is 9.59 Å². The average molecular weight is 449 g/mol. The summed E-state index contributed by atoms with van der Waals surface area (Å²) in [5.74, 6) is -1.52. The van der Waals surface area contributed by atoms with E-state index in [4.69, 9.17) is 14.2 Å². The van der Waals surface area contributed by atoms with Crippen LogP contribution in [0.25, 0.3) is 0 Å². The van der Waals surface area contributed by atoms with Crippen molar-refractivity contribution in [3.05, 3.63) is 95.6 Å². The molecule has 3 rings (SSSR count). The number of nitrogens with one attached hydrogen (secondary N) is 1. The van der Waals surface area contributed by atoms with Crippen LogP contribution in [0.1, 0.15) is 21.5 Å². The van der Waals surface area contributed by atoms with Gasteiger partial charge in [0.1, 0.15) is 18.1 Å². The number of carbonyl (C=O) groups is 3. The molecule has 3 aromatic carbocycles. The van der Waals surface area contributed by atoms with Crippen molar-refractivity contribution in [1.29, 1.82) is 0 Å². The fourth-order valence-corrected chi connectivity index (χ4v) is 2.86. The monoisotopic (exact) mass is 449 g/mol. The Morgan fingerprint density at radius 3 is 2.30 bits per heavy atom. The number of aliphatic hydroxyl groups excluding tert-OH is 1. The van der Waals surface area contributed by atoms with Crippen LogP contribution >= 0.6 is 0 Å². The molecule has 0 saturated carbocycles. The Bertz CT molecular complexity index is 1100. The number of hydrogen-bond acceptors (Lipinski definition) is 7. The molecule has 2 N–H and O–H groups in total. The number of benzene rings is 3. The molecule has 3 aromatic rings. The molecule has 0 fully saturated rings. The molecule has 0 unspecified atom stereocenters. The van der Waals surface area contributed by atoms with Gasteiger partial charge in [-0.05, 0) is 41.5 Å². The number of esters is 2. The summed E-state index contributed by atoms with van der Waals surface area (Å²) in [5.41, 5.74) is 1.67. The third kappa shape index (κ3) is 7.19. The van der Waals surface area contributed by atoms with Crippen LogP contribution in [0.15, 0.2) is 78.9 Å². The summed E-state index contributed by atoms with van der Waals surface area (Å²) >= 11 is 0. The van der Waals surface area contributed by atoms with Gasteiger partial charge >= 0.3 is 11.9 Å². The van der Waals surface area contributed by atoms with E-state index in [1.807, 2.05) is 6.07 Å². The van der Waals surface area contributed by atoms with Gasteiger partial charge in [0, 0.05) is 0 Å². The third-order valence-electron chi connectivity index (χ3n) is 4.55. The fraction of sp³-hybridized carbons (Fsp3) is 0.160. The molecule has 0 aromatic heterocycles. The molecule has 0 aliphatic rings. The highest BCUT2D eigenvalue weighted by Crippen LogP contribution is 2.17. The van der Waals surface area contributed by atoms with Crippen LogP contribution in [0.5, 0.6) is 11.5 Å². The predicted octanol–water partition coefficient (Wildman–Crippen LogP) is 2.63. The van der Waals surface area contributed by atoms with Crippen LogP contribution in [-0.2, 0) is 27.4 Å². The van der Waals surface area contributed by atoms with E-state index in [0.29, 0.717) is 5.75 Å². The first-order chi connectivity index (χ1) is 15.9. The van der Waals surface area contributed by atoms with Crippen LogP contribution in [-0.4, -0.2) is 36.3 Å². The fourth-order valence-electron chi connectivity index (χ4n) is 2.86. The minimum atomic E-state index is -1.85. The molecule has 0 aliphatic carbocycles. The Morgan fingerprint density at radius 2 is 1.61 bits per heavy atom. The normalized spacial score (nSPS) is 11.2. The van der Waals surface area contributed by atoms with Gasteiger partial charge in [0.05, 0.1) is 19.1 Å². The van der Waals surface area contributed by atoms with Crippen molar-refractivity contribution in [2.45, 2.75) is 19.3 Å². The van der Waals surface area contributed by atoms with Crippen LogP contribution in [0.3, 0.4) is 0 Å². The zero-order valence-electron chi connectivity index (χ0n) is 17.9. The van der Waals surface area contributed by atoms with Gasteiger partial charge in [0.2, 0.25) is 12.1 Å². The lowest BCUT2D eigenvalue weighted by molar-refractivity contribution is -0.148. The summed E-state index contributed by atoms with van der Waals surface area (Å²) in [6.45, 7) is 0.0546. The van der Waals surface area contributed by atoms with E-state index in [1.165, 1.54) is 24.3 Å². The molecule has 0 heterocycles. The maximum absolute atomic E-state index is 12.3. The minimum absolute atomic E-state index is 0.000696. The summed E-state index contributed by atoms with van der Waals surface area (Å²) in [5, 5.41) is 12.1. The number of carbonyl (C=O) groups excluding carboxylic acids is 3. The molecule has 8 nitrogen and oxygen atoms in total. The first-order valence-corrected chi connectivity index (χ1v) is 10.1. The Hall–Kier alpha value is -4.17. The van der Waals surface area contributed by atoms with E-state index in [2.05, 4.69) is 5.32 Å². The number of hydrogen-bond donors (Lipinski definition) is 2. The second-order valence-electron chi connectivity index (χ2n) is 7.01. The van der Waals surface area contributed by atoms with Gasteiger partial charge < -0.3 is 24.6 Å². The SMILES string of the molecule is COc1ccc(COC(=O)c2cccc(OC(=O)[C@H](O)NC(=O)Cc3ccccc3)c2)cc1. The van der Waals surface area contributed by atoms with Gasteiger partial charge in [0.25, 0.3) is 0 Å². The molecular weight excluding hydrogens is 426 g/mol. The van der Waals surface area contributed by atoms with Gasteiger partial charge in [-0.2, -0.15) is 0 Å². The third-order valence-corrected chi connectivity index (χ3v) is 4.55. The minimum Gasteiger partial charge on any atom is -0.497 e.